The molecule has 0 aliphatic carbocycles. The Hall–Kier alpha value is -1.19. The maximum atomic E-state index is 7.17. The smallest absolute Gasteiger partial charge is 0.0250 e. The van der Waals surface area contributed by atoms with Crippen molar-refractivity contribution in [2.75, 3.05) is 26.7 Å². The lowest BCUT2D eigenvalue weighted by atomic mass is 10.0. The van der Waals surface area contributed by atoms with E-state index in [0.717, 1.165) is 18.5 Å². The van der Waals surface area contributed by atoms with Crippen molar-refractivity contribution >= 4 is 6.21 Å². The van der Waals surface area contributed by atoms with E-state index in [1.54, 1.807) is 0 Å². The zero-order valence-corrected chi connectivity index (χ0v) is 11.2. The molecule has 1 saturated heterocycles. The predicted octanol–water partition coefficient (Wildman–Crippen LogP) is 1.91. The number of nitrogens with one attached hydrogen (secondary N) is 2. The molecule has 0 atom stereocenters. The van der Waals surface area contributed by atoms with Crippen LogP contribution in [0.15, 0.2) is 24.3 Å². The third kappa shape index (κ3) is 3.65. The largest absolute Gasteiger partial charge is 0.317 e. The fraction of sp³-hybridized carbons (Fsp3) is 0.533. The summed E-state index contributed by atoms with van der Waals surface area (Å²) in [6, 6.07) is 9.04. The molecule has 1 aromatic carbocycles. The summed E-state index contributed by atoms with van der Waals surface area (Å²) in [5.41, 5.74) is 2.35. The van der Waals surface area contributed by atoms with Gasteiger partial charge in [0.25, 0.3) is 0 Å². The van der Waals surface area contributed by atoms with Crippen LogP contribution in [0, 0.1) is 5.41 Å². The number of hydrogen-bond donors (Lipinski definition) is 2. The molecule has 2 rings (SSSR count). The van der Waals surface area contributed by atoms with Crippen molar-refractivity contribution in [1.82, 2.24) is 10.2 Å². The fourth-order valence-electron chi connectivity index (χ4n) is 2.51. The molecule has 1 heterocycles. The molecule has 0 radical (unpaired) electrons. The van der Waals surface area contributed by atoms with Crippen LogP contribution in [0.4, 0.5) is 0 Å². The van der Waals surface area contributed by atoms with Crippen LogP contribution in [0.25, 0.3) is 0 Å². The van der Waals surface area contributed by atoms with Crippen molar-refractivity contribution in [2.45, 2.75) is 25.3 Å². The molecule has 1 aliphatic heterocycles. The van der Waals surface area contributed by atoms with Crippen LogP contribution in [0.3, 0.4) is 0 Å². The zero-order valence-electron chi connectivity index (χ0n) is 11.2. The summed E-state index contributed by atoms with van der Waals surface area (Å²) in [6.07, 6.45) is 5.04. The third-order valence-electron chi connectivity index (χ3n) is 3.86. The van der Waals surface area contributed by atoms with E-state index in [-0.39, 0.29) is 0 Å². The van der Waals surface area contributed by atoms with Crippen molar-refractivity contribution in [1.29, 1.82) is 5.41 Å². The van der Waals surface area contributed by atoms with E-state index < -0.39 is 0 Å². The average Bonchev–Trinajstić information content (AvgIpc) is 2.46. The van der Waals surface area contributed by atoms with E-state index in [0.29, 0.717) is 6.04 Å². The zero-order chi connectivity index (χ0) is 12.8. The van der Waals surface area contributed by atoms with Gasteiger partial charge in [-0.1, -0.05) is 24.3 Å². The number of hydrogen-bond acceptors (Lipinski definition) is 3. The van der Waals surface area contributed by atoms with E-state index in [1.807, 2.05) is 12.1 Å². The van der Waals surface area contributed by atoms with Crippen molar-refractivity contribution < 1.29 is 0 Å². The molecule has 0 amide bonds. The quantitative estimate of drug-likeness (QED) is 0.778. The molecule has 2 N–H and O–H groups in total. The predicted molar refractivity (Wildman–Crippen MR) is 76.6 cm³/mol. The molecule has 0 unspecified atom stereocenters. The number of nitrogens with zero attached hydrogens (tertiary/aromatic N) is 1. The molecule has 0 saturated carbocycles. The Morgan fingerprint density at radius 1 is 1.28 bits per heavy atom. The molecule has 18 heavy (non-hydrogen) atoms. The Kier molecular flexibility index (Phi) is 4.90. The molecule has 1 aromatic rings. The Bertz CT molecular complexity index is 364. The highest BCUT2D eigenvalue weighted by Crippen LogP contribution is 2.11. The van der Waals surface area contributed by atoms with E-state index in [2.05, 4.69) is 29.4 Å². The molecule has 0 spiro atoms. The van der Waals surface area contributed by atoms with Gasteiger partial charge in [0.15, 0.2) is 0 Å². The monoisotopic (exact) mass is 245 g/mol. The van der Waals surface area contributed by atoms with Crippen LogP contribution in [0.5, 0.6) is 0 Å². The first-order valence-electron chi connectivity index (χ1n) is 6.81. The highest BCUT2D eigenvalue weighted by atomic mass is 15.1. The minimum atomic E-state index is 0.716. The van der Waals surface area contributed by atoms with Gasteiger partial charge in [-0.25, -0.2) is 0 Å². The van der Waals surface area contributed by atoms with Crippen LogP contribution in [0.1, 0.15) is 24.0 Å². The summed E-state index contributed by atoms with van der Waals surface area (Å²) in [5.74, 6) is 0. The average molecular weight is 245 g/mol. The molecule has 0 aromatic heterocycles. The van der Waals surface area contributed by atoms with Gasteiger partial charge in [-0.05, 0) is 50.5 Å². The highest BCUT2D eigenvalue weighted by molar-refractivity contribution is 5.76. The topological polar surface area (TPSA) is 39.1 Å². The van der Waals surface area contributed by atoms with Gasteiger partial charge in [0.1, 0.15) is 0 Å². The standard InChI is InChI=1S/C15H23N3/c1-17-15-7-10-18(11-8-15)9-6-13-2-4-14(12-16)5-3-13/h2-5,12,15-17H,6-11H2,1H3. The minimum Gasteiger partial charge on any atom is -0.317 e. The molecule has 3 nitrogen and oxygen atoms in total. The molecular formula is C15H23N3. The number of benzene rings is 1. The summed E-state index contributed by atoms with van der Waals surface area (Å²) >= 11 is 0. The van der Waals surface area contributed by atoms with Crippen LogP contribution >= 0.6 is 0 Å². The van der Waals surface area contributed by atoms with Gasteiger partial charge in [0, 0.05) is 18.8 Å². The lowest BCUT2D eigenvalue weighted by Crippen LogP contribution is -2.41. The molecule has 0 bridgehead atoms. The van der Waals surface area contributed by atoms with E-state index in [9.17, 15) is 0 Å². The van der Waals surface area contributed by atoms with Crippen molar-refractivity contribution in [3.05, 3.63) is 35.4 Å². The summed E-state index contributed by atoms with van der Waals surface area (Å²) in [4.78, 5) is 2.55. The van der Waals surface area contributed by atoms with Crippen LogP contribution in [-0.4, -0.2) is 43.8 Å². The molecule has 1 fully saturated rings. The lowest BCUT2D eigenvalue weighted by Gasteiger charge is -2.31. The second-order valence-electron chi connectivity index (χ2n) is 5.04. The first-order valence-corrected chi connectivity index (χ1v) is 6.81. The first kappa shape index (κ1) is 13.2. The normalized spacial score (nSPS) is 17.8. The van der Waals surface area contributed by atoms with Crippen LogP contribution in [-0.2, 0) is 6.42 Å². The summed E-state index contributed by atoms with van der Waals surface area (Å²) in [6.45, 7) is 3.58. The fourth-order valence-corrected chi connectivity index (χ4v) is 2.51. The first-order chi connectivity index (χ1) is 8.81. The van der Waals surface area contributed by atoms with Gasteiger partial charge in [0.2, 0.25) is 0 Å². The van der Waals surface area contributed by atoms with Gasteiger partial charge >= 0.3 is 0 Å². The minimum absolute atomic E-state index is 0.716. The van der Waals surface area contributed by atoms with Crippen molar-refractivity contribution in [3.63, 3.8) is 0 Å². The van der Waals surface area contributed by atoms with Crippen molar-refractivity contribution in [3.8, 4) is 0 Å². The molecule has 1 aliphatic rings. The van der Waals surface area contributed by atoms with Gasteiger partial charge in [-0.3, -0.25) is 0 Å². The maximum Gasteiger partial charge on any atom is 0.0250 e. The highest BCUT2D eigenvalue weighted by Gasteiger charge is 2.16. The second-order valence-corrected chi connectivity index (χ2v) is 5.04. The van der Waals surface area contributed by atoms with Crippen LogP contribution < -0.4 is 5.32 Å². The number of likely N-dealkylation sites (tertiary alicyclic amines) is 1. The SMILES string of the molecule is CNC1CCN(CCc2ccc(C=N)cc2)CC1. The Labute approximate surface area is 110 Å². The number of rotatable bonds is 5. The summed E-state index contributed by atoms with van der Waals surface area (Å²) < 4.78 is 0. The van der Waals surface area contributed by atoms with Gasteiger partial charge in [-0.2, -0.15) is 0 Å². The van der Waals surface area contributed by atoms with E-state index in [4.69, 9.17) is 5.41 Å². The summed E-state index contributed by atoms with van der Waals surface area (Å²) in [7, 11) is 2.06. The molecular weight excluding hydrogens is 222 g/mol. The Morgan fingerprint density at radius 2 is 1.94 bits per heavy atom. The molecule has 98 valence electrons. The van der Waals surface area contributed by atoms with Gasteiger partial charge < -0.3 is 15.6 Å². The Balaban J connectivity index is 1.76. The summed E-state index contributed by atoms with van der Waals surface area (Å²) in [5, 5.41) is 10.5. The van der Waals surface area contributed by atoms with Gasteiger partial charge in [0.05, 0.1) is 0 Å². The second kappa shape index (κ2) is 6.66. The molecule has 3 heteroatoms. The van der Waals surface area contributed by atoms with E-state index in [1.165, 1.54) is 37.7 Å². The van der Waals surface area contributed by atoms with Crippen molar-refractivity contribution in [2.24, 2.45) is 0 Å². The van der Waals surface area contributed by atoms with Crippen LogP contribution in [0.2, 0.25) is 0 Å². The van der Waals surface area contributed by atoms with Gasteiger partial charge in [-0.15, -0.1) is 0 Å². The Morgan fingerprint density at radius 3 is 2.50 bits per heavy atom. The number of piperidine rings is 1. The third-order valence-corrected chi connectivity index (χ3v) is 3.86. The van der Waals surface area contributed by atoms with E-state index >= 15 is 0 Å². The lowest BCUT2D eigenvalue weighted by molar-refractivity contribution is 0.204. The maximum absolute atomic E-state index is 7.17.